The van der Waals surface area contributed by atoms with Crippen molar-refractivity contribution in [3.05, 3.63) is 73.3 Å². The van der Waals surface area contributed by atoms with Crippen molar-refractivity contribution in [1.82, 2.24) is 20.2 Å². The van der Waals surface area contributed by atoms with Gasteiger partial charge in [-0.15, -0.1) is 0 Å². The average molecular weight is 428 g/mol. The van der Waals surface area contributed by atoms with Crippen LogP contribution in [0, 0.1) is 11.3 Å². The van der Waals surface area contributed by atoms with E-state index in [-0.39, 0.29) is 29.2 Å². The minimum absolute atomic E-state index is 0.00752. The Bertz CT molecular complexity index is 1340. The first kappa shape index (κ1) is 20.0. The molecule has 1 aliphatic heterocycles. The molecule has 0 bridgehead atoms. The van der Waals surface area contributed by atoms with E-state index in [1.807, 2.05) is 11.1 Å². The zero-order valence-corrected chi connectivity index (χ0v) is 15.7. The van der Waals surface area contributed by atoms with Crippen molar-refractivity contribution < 1.29 is 13.5 Å². The van der Waals surface area contributed by atoms with Gasteiger partial charge in [0.1, 0.15) is 11.4 Å². The fourth-order valence-electron chi connectivity index (χ4n) is 3.20. The summed E-state index contributed by atoms with van der Waals surface area (Å²) in [4.78, 5) is 40.9. The molecule has 12 heteroatoms. The topological polar surface area (TPSA) is 148 Å². The van der Waals surface area contributed by atoms with E-state index in [0.717, 1.165) is 11.1 Å². The molecule has 158 valence electrons. The summed E-state index contributed by atoms with van der Waals surface area (Å²) < 4.78 is 34.6. The van der Waals surface area contributed by atoms with Crippen molar-refractivity contribution >= 4 is 5.69 Å². The molecular formula is C19H14F2N6O4. The molecule has 4 rings (SSSR count). The number of aromatic nitrogens is 4. The number of benzene rings is 1. The van der Waals surface area contributed by atoms with Crippen molar-refractivity contribution in [1.29, 1.82) is 5.26 Å². The molecule has 31 heavy (non-hydrogen) atoms. The van der Waals surface area contributed by atoms with Crippen LogP contribution in [0.25, 0.3) is 11.3 Å². The summed E-state index contributed by atoms with van der Waals surface area (Å²) in [5.41, 5.74) is -2.01. The number of anilines is 1. The molecule has 1 unspecified atom stereocenters. The molecule has 3 heterocycles. The van der Waals surface area contributed by atoms with E-state index in [4.69, 9.17) is 10.00 Å². The number of ether oxygens (including phenoxy) is 1. The summed E-state index contributed by atoms with van der Waals surface area (Å²) in [5, 5.41) is 14.8. The third kappa shape index (κ3) is 3.93. The average Bonchev–Trinajstić information content (AvgIpc) is 3.03. The second-order valence-corrected chi connectivity index (χ2v) is 6.84. The molecule has 0 aliphatic carbocycles. The molecule has 1 aromatic carbocycles. The van der Waals surface area contributed by atoms with Crippen LogP contribution in [-0.4, -0.2) is 45.3 Å². The van der Waals surface area contributed by atoms with E-state index in [0.29, 0.717) is 5.56 Å². The van der Waals surface area contributed by atoms with Crippen LogP contribution in [0.3, 0.4) is 0 Å². The highest BCUT2D eigenvalue weighted by Crippen LogP contribution is 2.33. The Labute approximate surface area is 171 Å². The fourth-order valence-corrected chi connectivity index (χ4v) is 3.20. The van der Waals surface area contributed by atoms with Gasteiger partial charge >= 0.3 is 11.6 Å². The largest absolute Gasteiger partial charge is 0.482 e. The quantitative estimate of drug-likeness (QED) is 0.551. The first-order valence-electron chi connectivity index (χ1n) is 8.98. The first-order chi connectivity index (χ1) is 14.8. The van der Waals surface area contributed by atoms with Crippen LogP contribution in [0.4, 0.5) is 14.5 Å². The molecule has 1 fully saturated rings. The maximum atomic E-state index is 14.6. The Hall–Kier alpha value is -4.27. The second kappa shape index (κ2) is 7.52. The van der Waals surface area contributed by atoms with Crippen molar-refractivity contribution in [2.75, 3.05) is 18.0 Å². The second-order valence-electron chi connectivity index (χ2n) is 6.84. The molecule has 1 aliphatic rings. The van der Waals surface area contributed by atoms with Crippen molar-refractivity contribution in [3.8, 4) is 23.1 Å². The number of hydrogen-bond donors (Lipinski definition) is 3. The van der Waals surface area contributed by atoms with E-state index >= 15 is 0 Å². The van der Waals surface area contributed by atoms with Crippen LogP contribution in [0.1, 0.15) is 5.56 Å². The SMILES string of the molecule is N#Cc1ccc(OC2CN(c3cc(-c4c[nH]c(=O)[nH]c4=O)n[nH]c3=O)CC2(F)F)cc1. The summed E-state index contributed by atoms with van der Waals surface area (Å²) in [5.74, 6) is -3.12. The van der Waals surface area contributed by atoms with Crippen LogP contribution in [0.5, 0.6) is 5.75 Å². The normalized spacial score (nSPS) is 17.3. The molecule has 0 spiro atoms. The van der Waals surface area contributed by atoms with E-state index in [1.165, 1.54) is 30.3 Å². The van der Waals surface area contributed by atoms with Gasteiger partial charge in [0.2, 0.25) is 0 Å². The molecule has 1 saturated heterocycles. The molecule has 1 atom stereocenters. The van der Waals surface area contributed by atoms with Crippen LogP contribution in [0.2, 0.25) is 0 Å². The molecule has 0 saturated carbocycles. The molecule has 0 radical (unpaired) electrons. The molecule has 0 amide bonds. The molecule has 2 aromatic heterocycles. The number of rotatable bonds is 4. The first-order valence-corrected chi connectivity index (χ1v) is 8.98. The van der Waals surface area contributed by atoms with Gasteiger partial charge in [-0.1, -0.05) is 0 Å². The zero-order chi connectivity index (χ0) is 22.2. The minimum atomic E-state index is -3.28. The Morgan fingerprint density at radius 1 is 1.19 bits per heavy atom. The van der Waals surface area contributed by atoms with Gasteiger partial charge in [0, 0.05) is 6.20 Å². The Morgan fingerprint density at radius 2 is 1.94 bits per heavy atom. The summed E-state index contributed by atoms with van der Waals surface area (Å²) in [6.07, 6.45) is -0.436. The van der Waals surface area contributed by atoms with Crippen LogP contribution >= 0.6 is 0 Å². The standard InChI is InChI=1S/C19H14F2N6O4/c20-19(21)9-27(8-15(19)31-11-3-1-10(6-22)2-4-11)14-5-13(25-26-17(14)29)12-7-23-18(30)24-16(12)28/h1-5,7,15H,8-9H2,(H,26,29)(H2,23,24,28,30). The van der Waals surface area contributed by atoms with Gasteiger partial charge in [-0.3, -0.25) is 14.6 Å². The number of halogens is 2. The number of hydrogen-bond acceptors (Lipinski definition) is 7. The lowest BCUT2D eigenvalue weighted by molar-refractivity contribution is -0.0594. The number of nitrogens with one attached hydrogen (secondary N) is 3. The van der Waals surface area contributed by atoms with Gasteiger partial charge in [-0.2, -0.15) is 10.4 Å². The van der Waals surface area contributed by atoms with Gasteiger partial charge in [0.05, 0.1) is 36.0 Å². The fraction of sp³-hybridized carbons (Fsp3) is 0.211. The molecule has 3 aromatic rings. The zero-order valence-electron chi connectivity index (χ0n) is 15.7. The van der Waals surface area contributed by atoms with Crippen LogP contribution < -0.4 is 26.4 Å². The number of aromatic amines is 3. The Morgan fingerprint density at radius 3 is 2.61 bits per heavy atom. The highest BCUT2D eigenvalue weighted by molar-refractivity contribution is 5.62. The van der Waals surface area contributed by atoms with Crippen molar-refractivity contribution in [2.24, 2.45) is 0 Å². The maximum Gasteiger partial charge on any atom is 0.325 e. The van der Waals surface area contributed by atoms with Crippen LogP contribution in [0.15, 0.2) is 50.9 Å². The minimum Gasteiger partial charge on any atom is -0.482 e. The number of nitriles is 1. The van der Waals surface area contributed by atoms with Gasteiger partial charge in [0.15, 0.2) is 6.10 Å². The lowest BCUT2D eigenvalue weighted by atomic mass is 10.2. The van der Waals surface area contributed by atoms with E-state index in [1.54, 1.807) is 0 Å². The predicted octanol–water partition coefficient (Wildman–Crippen LogP) is 0.588. The van der Waals surface area contributed by atoms with Gasteiger partial charge in [-0.05, 0) is 30.3 Å². The summed E-state index contributed by atoms with van der Waals surface area (Å²) in [7, 11) is 0. The van der Waals surface area contributed by atoms with Gasteiger partial charge in [-0.25, -0.2) is 18.7 Å². The molecule has 3 N–H and O–H groups in total. The maximum absolute atomic E-state index is 14.6. The summed E-state index contributed by atoms with van der Waals surface area (Å²) in [6.45, 7) is -1.09. The Balaban J connectivity index is 1.62. The van der Waals surface area contributed by atoms with Crippen LogP contribution in [-0.2, 0) is 0 Å². The van der Waals surface area contributed by atoms with E-state index < -0.39 is 35.4 Å². The molecule has 10 nitrogen and oxygen atoms in total. The Kier molecular flexibility index (Phi) is 4.86. The number of H-pyrrole nitrogens is 3. The smallest absolute Gasteiger partial charge is 0.325 e. The van der Waals surface area contributed by atoms with E-state index in [9.17, 15) is 23.2 Å². The van der Waals surface area contributed by atoms with Gasteiger partial charge in [0.25, 0.3) is 11.1 Å². The van der Waals surface area contributed by atoms with E-state index in [2.05, 4.69) is 15.2 Å². The predicted molar refractivity (Wildman–Crippen MR) is 104 cm³/mol. The number of alkyl halides is 2. The lowest BCUT2D eigenvalue weighted by Crippen LogP contribution is -2.36. The third-order valence-corrected chi connectivity index (χ3v) is 4.74. The third-order valence-electron chi connectivity index (χ3n) is 4.74. The lowest BCUT2D eigenvalue weighted by Gasteiger charge is -2.19. The van der Waals surface area contributed by atoms with Crippen molar-refractivity contribution in [2.45, 2.75) is 12.0 Å². The van der Waals surface area contributed by atoms with Crippen molar-refractivity contribution in [3.63, 3.8) is 0 Å². The number of nitrogens with zero attached hydrogens (tertiary/aromatic N) is 3. The monoisotopic (exact) mass is 428 g/mol. The highest BCUT2D eigenvalue weighted by Gasteiger charge is 2.50. The highest BCUT2D eigenvalue weighted by atomic mass is 19.3. The summed E-state index contributed by atoms with van der Waals surface area (Å²) in [6, 6.07) is 8.84. The van der Waals surface area contributed by atoms with Gasteiger partial charge < -0.3 is 14.6 Å². The summed E-state index contributed by atoms with van der Waals surface area (Å²) >= 11 is 0. The molecular weight excluding hydrogens is 414 g/mol.